The highest BCUT2D eigenvalue weighted by atomic mass is 33.1. The van der Waals surface area contributed by atoms with E-state index in [9.17, 15) is 4.79 Å². The maximum atomic E-state index is 10.8. The van der Waals surface area contributed by atoms with E-state index in [1.54, 1.807) is 10.8 Å². The lowest BCUT2D eigenvalue weighted by molar-refractivity contribution is 0.200. The summed E-state index contributed by atoms with van der Waals surface area (Å²) in [6.45, 7) is 2.26. The maximum Gasteiger partial charge on any atom is 0.377 e. The van der Waals surface area contributed by atoms with Crippen molar-refractivity contribution in [3.63, 3.8) is 0 Å². The number of rotatable bonds is 12. The van der Waals surface area contributed by atoms with Crippen LogP contribution in [0, 0.1) is 0 Å². The van der Waals surface area contributed by atoms with E-state index in [-0.39, 0.29) is 5.30 Å². The van der Waals surface area contributed by atoms with Crippen LogP contribution < -0.4 is 0 Å². The monoisotopic (exact) mass is 292 g/mol. The molecule has 0 heterocycles. The Morgan fingerprint density at radius 2 is 1.39 bits per heavy atom. The van der Waals surface area contributed by atoms with Crippen LogP contribution >= 0.6 is 21.6 Å². The van der Waals surface area contributed by atoms with Gasteiger partial charge in [0.2, 0.25) is 0 Å². The topological polar surface area (TPSA) is 26.3 Å². The Hall–Kier alpha value is 0.170. The summed E-state index contributed by atoms with van der Waals surface area (Å²) in [7, 11) is 4.24. The highest BCUT2D eigenvalue weighted by Gasteiger charge is 2.00. The number of carbonyl (C=O) groups is 1. The van der Waals surface area contributed by atoms with Crippen molar-refractivity contribution in [2.45, 2.75) is 71.1 Å². The predicted molar refractivity (Wildman–Crippen MR) is 84.3 cm³/mol. The van der Waals surface area contributed by atoms with Gasteiger partial charge in [-0.2, -0.15) is 0 Å². The summed E-state index contributed by atoms with van der Waals surface area (Å²) in [5, 5.41) is -0.188. The molecule has 0 unspecified atom stereocenters. The zero-order valence-electron chi connectivity index (χ0n) is 11.9. The molecular formula is C14H28O2S2. The van der Waals surface area contributed by atoms with E-state index in [0.29, 0.717) is 0 Å². The lowest BCUT2D eigenvalue weighted by Crippen LogP contribution is -1.88. The Bertz CT molecular complexity index is 187. The second-order valence-corrected chi connectivity index (χ2v) is 6.89. The van der Waals surface area contributed by atoms with Gasteiger partial charge in [-0.1, -0.05) is 75.5 Å². The fourth-order valence-electron chi connectivity index (χ4n) is 1.77. The molecule has 0 amide bonds. The van der Waals surface area contributed by atoms with Crippen LogP contribution in [0.3, 0.4) is 0 Å². The maximum absolute atomic E-state index is 10.8. The van der Waals surface area contributed by atoms with Gasteiger partial charge >= 0.3 is 5.30 Å². The second-order valence-electron chi connectivity index (χ2n) is 4.54. The summed E-state index contributed by atoms with van der Waals surface area (Å²) in [5.41, 5.74) is 0. The first-order valence-corrected chi connectivity index (χ1v) is 9.50. The van der Waals surface area contributed by atoms with Crippen LogP contribution in [0.5, 0.6) is 0 Å². The second kappa shape index (κ2) is 15.2. The van der Waals surface area contributed by atoms with E-state index in [1.165, 1.54) is 82.1 Å². The molecule has 0 aliphatic rings. The number of carbonyl (C=O) groups excluding carboxylic acids is 1. The average Bonchev–Trinajstić information content (AvgIpc) is 2.39. The van der Waals surface area contributed by atoms with Gasteiger partial charge in [0, 0.05) is 16.5 Å². The zero-order valence-corrected chi connectivity index (χ0v) is 13.5. The highest BCUT2D eigenvalue weighted by Crippen LogP contribution is 2.24. The normalized spacial score (nSPS) is 10.6. The minimum atomic E-state index is -0.188. The van der Waals surface area contributed by atoms with Crippen molar-refractivity contribution in [3.8, 4) is 0 Å². The minimum Gasteiger partial charge on any atom is -0.460 e. The Balaban J connectivity index is 2.97. The van der Waals surface area contributed by atoms with E-state index in [2.05, 4.69) is 11.7 Å². The molecule has 0 fully saturated rings. The molecule has 0 aliphatic carbocycles. The molecule has 108 valence electrons. The molecule has 18 heavy (non-hydrogen) atoms. The number of ether oxygens (including phenoxy) is 1. The van der Waals surface area contributed by atoms with Crippen LogP contribution in [0.1, 0.15) is 71.1 Å². The van der Waals surface area contributed by atoms with Crippen LogP contribution in [0.4, 0.5) is 4.79 Å². The van der Waals surface area contributed by atoms with Gasteiger partial charge < -0.3 is 4.74 Å². The summed E-state index contributed by atoms with van der Waals surface area (Å²) in [5.74, 6) is 1.05. The van der Waals surface area contributed by atoms with E-state index in [4.69, 9.17) is 0 Å². The van der Waals surface area contributed by atoms with E-state index in [0.717, 1.165) is 5.75 Å². The molecule has 0 aromatic rings. The SMILES string of the molecule is CCCCCCCCCCCCSSC(=O)OC. The smallest absolute Gasteiger partial charge is 0.377 e. The Labute approximate surface area is 120 Å². The molecule has 0 saturated heterocycles. The van der Waals surface area contributed by atoms with Gasteiger partial charge in [0.15, 0.2) is 0 Å². The molecule has 0 saturated carbocycles. The lowest BCUT2D eigenvalue weighted by Gasteiger charge is -2.02. The zero-order chi connectivity index (χ0) is 13.5. The van der Waals surface area contributed by atoms with Crippen molar-refractivity contribution >= 4 is 26.9 Å². The van der Waals surface area contributed by atoms with Crippen molar-refractivity contribution in [3.05, 3.63) is 0 Å². The first-order valence-electron chi connectivity index (χ1n) is 7.18. The third-order valence-corrected chi connectivity index (χ3v) is 5.01. The van der Waals surface area contributed by atoms with Crippen molar-refractivity contribution in [2.75, 3.05) is 12.9 Å². The summed E-state index contributed by atoms with van der Waals surface area (Å²) < 4.78 is 4.55. The number of hydrogen-bond donors (Lipinski definition) is 0. The first kappa shape index (κ1) is 18.2. The summed E-state index contributed by atoms with van der Waals surface area (Å²) in [6, 6.07) is 0. The van der Waals surface area contributed by atoms with Crippen molar-refractivity contribution in [2.24, 2.45) is 0 Å². The van der Waals surface area contributed by atoms with Gasteiger partial charge in [0.1, 0.15) is 0 Å². The van der Waals surface area contributed by atoms with Gasteiger partial charge in [-0.05, 0) is 6.42 Å². The van der Waals surface area contributed by atoms with E-state index in [1.807, 2.05) is 0 Å². The largest absolute Gasteiger partial charge is 0.460 e. The molecule has 0 spiro atoms. The molecule has 0 rings (SSSR count). The number of methoxy groups -OCH3 is 1. The van der Waals surface area contributed by atoms with Gasteiger partial charge in [-0.3, -0.25) is 0 Å². The predicted octanol–water partition coefficient (Wildman–Crippen LogP) is 6.06. The quantitative estimate of drug-likeness (QED) is 0.248. The lowest BCUT2D eigenvalue weighted by atomic mass is 10.1. The van der Waals surface area contributed by atoms with Crippen LogP contribution in [-0.4, -0.2) is 18.2 Å². The molecule has 0 aromatic heterocycles. The van der Waals surface area contributed by atoms with Crippen LogP contribution in [0.25, 0.3) is 0 Å². The third-order valence-electron chi connectivity index (χ3n) is 2.87. The Morgan fingerprint density at radius 3 is 1.89 bits per heavy atom. The van der Waals surface area contributed by atoms with Gasteiger partial charge in [0.05, 0.1) is 7.11 Å². The minimum absolute atomic E-state index is 0.188. The average molecular weight is 293 g/mol. The van der Waals surface area contributed by atoms with E-state index >= 15 is 0 Å². The molecule has 0 N–H and O–H groups in total. The number of unbranched alkanes of at least 4 members (excludes halogenated alkanes) is 9. The van der Waals surface area contributed by atoms with Crippen molar-refractivity contribution < 1.29 is 9.53 Å². The van der Waals surface area contributed by atoms with Gasteiger partial charge in [-0.25, -0.2) is 4.79 Å². The fraction of sp³-hybridized carbons (Fsp3) is 0.929. The van der Waals surface area contributed by atoms with Crippen LogP contribution in [0.15, 0.2) is 0 Å². The van der Waals surface area contributed by atoms with Gasteiger partial charge in [-0.15, -0.1) is 0 Å². The highest BCUT2D eigenvalue weighted by molar-refractivity contribution is 8.82. The molecule has 0 aliphatic heterocycles. The van der Waals surface area contributed by atoms with Gasteiger partial charge in [0.25, 0.3) is 0 Å². The third kappa shape index (κ3) is 14.2. The summed E-state index contributed by atoms with van der Waals surface area (Å²) in [6.07, 6.45) is 13.6. The molecule has 0 bridgehead atoms. The standard InChI is InChI=1S/C14H28O2S2/c1-3-4-5-6-7-8-9-10-11-12-13-17-18-14(15)16-2/h3-13H2,1-2H3. The molecular weight excluding hydrogens is 264 g/mol. The molecule has 0 radical (unpaired) electrons. The Morgan fingerprint density at radius 1 is 0.889 bits per heavy atom. The summed E-state index contributed by atoms with van der Waals surface area (Å²) in [4.78, 5) is 10.8. The van der Waals surface area contributed by atoms with E-state index < -0.39 is 0 Å². The summed E-state index contributed by atoms with van der Waals surface area (Å²) >= 11 is 0. The first-order chi connectivity index (χ1) is 8.81. The van der Waals surface area contributed by atoms with Crippen LogP contribution in [-0.2, 0) is 4.74 Å². The Kier molecular flexibility index (Phi) is 15.4. The fourth-order valence-corrected chi connectivity index (χ4v) is 3.44. The molecule has 4 heteroatoms. The molecule has 0 atom stereocenters. The number of hydrogen-bond acceptors (Lipinski definition) is 4. The van der Waals surface area contributed by atoms with Crippen molar-refractivity contribution in [1.29, 1.82) is 0 Å². The molecule has 2 nitrogen and oxygen atoms in total. The van der Waals surface area contributed by atoms with Crippen LogP contribution in [0.2, 0.25) is 0 Å². The molecule has 0 aromatic carbocycles. The van der Waals surface area contributed by atoms with Crippen molar-refractivity contribution in [1.82, 2.24) is 0 Å².